The lowest BCUT2D eigenvalue weighted by Gasteiger charge is -2.24. The minimum Gasteiger partial charge on any atom is -0.252 e. The fraction of sp³-hybridized carbons (Fsp3) is 0.130. The van der Waals surface area contributed by atoms with E-state index in [-0.39, 0.29) is 5.56 Å². The molecule has 150 valence electrons. The number of pyridine rings is 4. The molecule has 4 aromatic heterocycles. The van der Waals surface area contributed by atoms with Gasteiger partial charge in [-0.25, -0.2) is 4.98 Å². The fourth-order valence-corrected chi connectivity index (χ4v) is 3.14. The summed E-state index contributed by atoms with van der Waals surface area (Å²) in [7, 11) is 0. The van der Waals surface area contributed by atoms with Crippen LogP contribution in [-0.2, 0) is 5.41 Å². The van der Waals surface area contributed by atoms with Crippen molar-refractivity contribution in [3.05, 3.63) is 96.1 Å². The van der Waals surface area contributed by atoms with E-state index in [0.717, 1.165) is 11.8 Å². The predicted octanol–water partition coefficient (Wildman–Crippen LogP) is 5.34. The highest BCUT2D eigenvalue weighted by molar-refractivity contribution is 5.60. The molecule has 0 aromatic carbocycles. The van der Waals surface area contributed by atoms with Gasteiger partial charge in [0, 0.05) is 17.2 Å². The monoisotopic (exact) mass is 406 g/mol. The van der Waals surface area contributed by atoms with Gasteiger partial charge in [-0.1, -0.05) is 12.1 Å². The molecule has 0 N–H and O–H groups in total. The summed E-state index contributed by atoms with van der Waals surface area (Å²) >= 11 is 0. The summed E-state index contributed by atoms with van der Waals surface area (Å²) in [6.07, 6.45) is 1.43. The maximum absolute atomic E-state index is 14.1. The van der Waals surface area contributed by atoms with Crippen LogP contribution < -0.4 is 0 Å². The Kier molecular flexibility index (Phi) is 5.03. The van der Waals surface area contributed by atoms with E-state index in [1.807, 2.05) is 38.1 Å². The van der Waals surface area contributed by atoms with Crippen LogP contribution in [0.3, 0.4) is 0 Å². The molecule has 0 saturated carbocycles. The summed E-state index contributed by atoms with van der Waals surface area (Å²) in [5, 5.41) is 0. The zero-order valence-corrected chi connectivity index (χ0v) is 16.3. The van der Waals surface area contributed by atoms with Crippen molar-refractivity contribution in [2.75, 3.05) is 0 Å². The molecule has 0 fully saturated rings. The van der Waals surface area contributed by atoms with Crippen LogP contribution in [0.1, 0.15) is 25.2 Å². The maximum atomic E-state index is 14.1. The van der Waals surface area contributed by atoms with Gasteiger partial charge in [-0.3, -0.25) is 9.97 Å². The molecule has 0 atom stereocenters. The van der Waals surface area contributed by atoms with Gasteiger partial charge >= 0.3 is 0 Å². The molecule has 0 unspecified atom stereocenters. The highest BCUT2D eigenvalue weighted by atomic mass is 19.1. The van der Waals surface area contributed by atoms with Crippen molar-refractivity contribution in [1.82, 2.24) is 19.9 Å². The molecule has 0 aliphatic carbocycles. The molecule has 0 bridgehead atoms. The zero-order chi connectivity index (χ0) is 21.3. The molecule has 0 aliphatic rings. The number of halogens is 3. The van der Waals surface area contributed by atoms with Crippen LogP contribution in [-0.4, -0.2) is 19.9 Å². The third-order valence-electron chi connectivity index (χ3n) is 4.89. The maximum Gasteiger partial charge on any atom is 0.224 e. The first-order valence-electron chi connectivity index (χ1n) is 9.24. The number of rotatable bonds is 4. The topological polar surface area (TPSA) is 51.6 Å². The van der Waals surface area contributed by atoms with E-state index in [1.165, 1.54) is 18.3 Å². The first-order valence-corrected chi connectivity index (χ1v) is 9.24. The van der Waals surface area contributed by atoms with Crippen molar-refractivity contribution < 1.29 is 13.2 Å². The molecule has 4 rings (SSSR count). The van der Waals surface area contributed by atoms with Gasteiger partial charge in [-0.05, 0) is 62.4 Å². The van der Waals surface area contributed by atoms with Crippen molar-refractivity contribution in [2.45, 2.75) is 19.3 Å². The third kappa shape index (κ3) is 3.78. The standard InChI is InChI=1S/C23H17F3N4/c1-23(2,18-7-3-5-16(28-18)14-9-11-20(24)27-13-14)19-8-4-6-17(29-19)15-10-12-21(25)30-22(15)26/h3-13H,1-2H3. The molecule has 0 saturated heterocycles. The van der Waals surface area contributed by atoms with Gasteiger partial charge in [0.15, 0.2) is 0 Å². The van der Waals surface area contributed by atoms with Crippen LogP contribution in [0.25, 0.3) is 22.5 Å². The number of nitrogens with zero attached hydrogens (tertiary/aromatic N) is 4. The highest BCUT2D eigenvalue weighted by Gasteiger charge is 2.27. The van der Waals surface area contributed by atoms with Crippen molar-refractivity contribution in [3.8, 4) is 22.5 Å². The smallest absolute Gasteiger partial charge is 0.224 e. The normalized spacial score (nSPS) is 11.5. The second kappa shape index (κ2) is 7.67. The lowest BCUT2D eigenvalue weighted by molar-refractivity contribution is 0.514. The second-order valence-corrected chi connectivity index (χ2v) is 7.28. The van der Waals surface area contributed by atoms with E-state index in [1.54, 1.807) is 18.2 Å². The van der Waals surface area contributed by atoms with Gasteiger partial charge in [0.2, 0.25) is 17.8 Å². The predicted molar refractivity (Wildman–Crippen MR) is 107 cm³/mol. The van der Waals surface area contributed by atoms with E-state index in [2.05, 4.69) is 15.0 Å². The Morgan fingerprint density at radius 1 is 0.667 bits per heavy atom. The number of hydrogen-bond acceptors (Lipinski definition) is 4. The number of aromatic nitrogens is 4. The summed E-state index contributed by atoms with van der Waals surface area (Å²) in [6.45, 7) is 3.90. The summed E-state index contributed by atoms with van der Waals surface area (Å²) in [6, 6.07) is 16.1. The van der Waals surface area contributed by atoms with Crippen LogP contribution in [0.2, 0.25) is 0 Å². The molecule has 0 amide bonds. The molecule has 4 nitrogen and oxygen atoms in total. The summed E-state index contributed by atoms with van der Waals surface area (Å²) in [5.41, 5.74) is 2.58. The SMILES string of the molecule is CC(C)(c1cccc(-c2ccc(F)nc2)n1)c1cccc(-c2ccc(F)nc2F)n1. The van der Waals surface area contributed by atoms with E-state index < -0.39 is 23.3 Å². The van der Waals surface area contributed by atoms with Crippen LogP contribution in [0.4, 0.5) is 13.2 Å². The van der Waals surface area contributed by atoms with E-state index in [9.17, 15) is 13.2 Å². The Balaban J connectivity index is 1.74. The molecule has 7 heteroatoms. The summed E-state index contributed by atoms with van der Waals surface area (Å²) in [4.78, 5) is 16.2. The van der Waals surface area contributed by atoms with E-state index >= 15 is 0 Å². The highest BCUT2D eigenvalue weighted by Crippen LogP contribution is 2.32. The molecule has 0 spiro atoms. The van der Waals surface area contributed by atoms with Crippen LogP contribution >= 0.6 is 0 Å². The molecule has 4 heterocycles. The Labute approximate surface area is 171 Å². The van der Waals surface area contributed by atoms with Crippen molar-refractivity contribution in [1.29, 1.82) is 0 Å². The van der Waals surface area contributed by atoms with Gasteiger partial charge in [-0.15, -0.1) is 0 Å². The Bertz CT molecular complexity index is 1210. The number of hydrogen-bond donors (Lipinski definition) is 0. The van der Waals surface area contributed by atoms with Crippen LogP contribution in [0.15, 0.2) is 66.9 Å². The van der Waals surface area contributed by atoms with Crippen molar-refractivity contribution in [3.63, 3.8) is 0 Å². The average molecular weight is 406 g/mol. The van der Waals surface area contributed by atoms with Gasteiger partial charge in [0.25, 0.3) is 0 Å². The first kappa shape index (κ1) is 19.7. The molecular formula is C23H17F3N4. The Morgan fingerprint density at radius 3 is 1.93 bits per heavy atom. The van der Waals surface area contributed by atoms with Gasteiger partial charge in [-0.2, -0.15) is 18.2 Å². The quantitative estimate of drug-likeness (QED) is 0.429. The Morgan fingerprint density at radius 2 is 1.30 bits per heavy atom. The minimum atomic E-state index is -0.915. The molecular weight excluding hydrogens is 389 g/mol. The first-order chi connectivity index (χ1) is 14.3. The van der Waals surface area contributed by atoms with Gasteiger partial charge < -0.3 is 0 Å². The largest absolute Gasteiger partial charge is 0.252 e. The van der Waals surface area contributed by atoms with Crippen molar-refractivity contribution >= 4 is 0 Å². The molecule has 0 aliphatic heterocycles. The van der Waals surface area contributed by atoms with Gasteiger partial charge in [0.1, 0.15) is 0 Å². The lowest BCUT2D eigenvalue weighted by Crippen LogP contribution is -2.22. The average Bonchev–Trinajstić information content (AvgIpc) is 2.74. The second-order valence-electron chi connectivity index (χ2n) is 7.28. The van der Waals surface area contributed by atoms with Crippen molar-refractivity contribution in [2.24, 2.45) is 0 Å². The lowest BCUT2D eigenvalue weighted by atomic mass is 9.84. The molecule has 30 heavy (non-hydrogen) atoms. The third-order valence-corrected chi connectivity index (χ3v) is 4.89. The molecule has 4 aromatic rings. The zero-order valence-electron chi connectivity index (χ0n) is 16.3. The Hall–Kier alpha value is -3.61. The van der Waals surface area contributed by atoms with Gasteiger partial charge in [0.05, 0.1) is 28.3 Å². The fourth-order valence-electron chi connectivity index (χ4n) is 3.14. The van der Waals surface area contributed by atoms with Crippen LogP contribution in [0.5, 0.6) is 0 Å². The van der Waals surface area contributed by atoms with E-state index in [4.69, 9.17) is 4.98 Å². The summed E-state index contributed by atoms with van der Waals surface area (Å²) in [5.74, 6) is -2.36. The van der Waals surface area contributed by atoms with E-state index in [0.29, 0.717) is 22.6 Å². The summed E-state index contributed by atoms with van der Waals surface area (Å²) < 4.78 is 40.4. The minimum absolute atomic E-state index is 0.119. The van der Waals surface area contributed by atoms with Crippen LogP contribution in [0, 0.1) is 17.8 Å². The molecule has 0 radical (unpaired) electrons.